The van der Waals surface area contributed by atoms with Gasteiger partial charge in [0.25, 0.3) is 11.8 Å². The van der Waals surface area contributed by atoms with E-state index >= 15 is 0 Å². The lowest BCUT2D eigenvalue weighted by molar-refractivity contribution is -0.122. The number of nitrogens with two attached hydrogens (primary N) is 1. The van der Waals surface area contributed by atoms with E-state index in [1.807, 2.05) is 48.7 Å². The number of imide groups is 1. The standard InChI is InChI=1S/C24H20ClN5O2S/c25-13-6-7-19-15(10-13)17(12-30(19)8-3-9-33-24(26)27)21-20(22(31)29-23(21)32)16-11-28-18-5-2-1-4-14(16)18/h1-2,4-7,10-12,28H,3,8-9H2,(H3,26,27)(H,29,31,32). The summed E-state index contributed by atoms with van der Waals surface area (Å²) in [5.74, 6) is -0.132. The molecule has 0 unspecified atom stereocenters. The minimum absolute atomic E-state index is 0.0921. The summed E-state index contributed by atoms with van der Waals surface area (Å²) in [5, 5.41) is 12.2. The molecule has 1 aliphatic heterocycles. The first-order chi connectivity index (χ1) is 15.9. The number of nitrogens with zero attached hydrogens (tertiary/aromatic N) is 1. The van der Waals surface area contributed by atoms with E-state index in [1.54, 1.807) is 6.20 Å². The molecule has 0 bridgehead atoms. The van der Waals surface area contributed by atoms with Crippen LogP contribution in [0.5, 0.6) is 0 Å². The molecule has 4 aromatic rings. The number of aryl methyl sites for hydroxylation is 1. The largest absolute Gasteiger partial charge is 0.379 e. The van der Waals surface area contributed by atoms with E-state index in [4.69, 9.17) is 22.7 Å². The number of hydrogen-bond donors (Lipinski definition) is 4. The molecule has 3 heterocycles. The van der Waals surface area contributed by atoms with E-state index < -0.39 is 11.8 Å². The van der Waals surface area contributed by atoms with E-state index in [9.17, 15) is 9.59 Å². The molecule has 0 saturated heterocycles. The highest BCUT2D eigenvalue weighted by Gasteiger charge is 2.35. The lowest BCUT2D eigenvalue weighted by Gasteiger charge is -2.05. The minimum atomic E-state index is -0.425. The van der Waals surface area contributed by atoms with Gasteiger partial charge in [0.15, 0.2) is 5.17 Å². The molecule has 0 radical (unpaired) electrons. The predicted octanol–water partition coefficient (Wildman–Crippen LogP) is 4.36. The molecule has 166 valence electrons. The number of thioether (sulfide) groups is 1. The predicted molar refractivity (Wildman–Crippen MR) is 134 cm³/mol. The van der Waals surface area contributed by atoms with Crippen molar-refractivity contribution in [1.29, 1.82) is 5.41 Å². The van der Waals surface area contributed by atoms with Gasteiger partial charge in [-0.05, 0) is 30.7 Å². The topological polar surface area (TPSA) is 117 Å². The van der Waals surface area contributed by atoms with Gasteiger partial charge in [0, 0.05) is 62.6 Å². The van der Waals surface area contributed by atoms with Crippen molar-refractivity contribution < 1.29 is 9.59 Å². The smallest absolute Gasteiger partial charge is 0.259 e. The van der Waals surface area contributed by atoms with Gasteiger partial charge in [-0.25, -0.2) is 0 Å². The van der Waals surface area contributed by atoms with Gasteiger partial charge in [0.2, 0.25) is 0 Å². The summed E-state index contributed by atoms with van der Waals surface area (Å²) in [7, 11) is 0. The van der Waals surface area contributed by atoms with E-state index in [0.717, 1.165) is 28.2 Å². The second-order valence-corrected chi connectivity index (χ2v) is 9.32. The molecular formula is C24H20ClN5O2S. The summed E-state index contributed by atoms with van der Waals surface area (Å²) in [5.41, 5.74) is 9.28. The van der Waals surface area contributed by atoms with Gasteiger partial charge in [-0.2, -0.15) is 0 Å². The Morgan fingerprint density at radius 3 is 2.61 bits per heavy atom. The van der Waals surface area contributed by atoms with Crippen molar-refractivity contribution in [3.63, 3.8) is 0 Å². The average molecular weight is 478 g/mol. The summed E-state index contributed by atoms with van der Waals surface area (Å²) in [6.07, 6.45) is 4.46. The van der Waals surface area contributed by atoms with Crippen LogP contribution in [0.1, 0.15) is 17.5 Å². The number of H-pyrrole nitrogens is 1. The first-order valence-corrected chi connectivity index (χ1v) is 11.7. The Hall–Kier alpha value is -3.49. The van der Waals surface area contributed by atoms with Crippen LogP contribution < -0.4 is 11.1 Å². The van der Waals surface area contributed by atoms with Crippen LogP contribution in [0.4, 0.5) is 0 Å². The Bertz CT molecular complexity index is 1480. The van der Waals surface area contributed by atoms with Crippen LogP contribution in [0.25, 0.3) is 33.0 Å². The molecule has 0 atom stereocenters. The second kappa shape index (κ2) is 8.46. The zero-order valence-corrected chi connectivity index (χ0v) is 19.0. The van der Waals surface area contributed by atoms with Crippen LogP contribution in [0, 0.1) is 5.41 Å². The fourth-order valence-corrected chi connectivity index (χ4v) is 4.98. The fraction of sp³-hybridized carbons (Fsp3) is 0.125. The number of amidine groups is 1. The number of benzene rings is 2. The van der Waals surface area contributed by atoms with E-state index in [1.165, 1.54) is 11.8 Å². The number of hydrogen-bond acceptors (Lipinski definition) is 4. The third-order valence-corrected chi connectivity index (χ3v) is 6.74. The van der Waals surface area contributed by atoms with Crippen molar-refractivity contribution in [1.82, 2.24) is 14.9 Å². The van der Waals surface area contributed by atoms with Crippen molar-refractivity contribution in [2.24, 2.45) is 5.73 Å². The van der Waals surface area contributed by atoms with Crippen LogP contribution in [0.3, 0.4) is 0 Å². The summed E-state index contributed by atoms with van der Waals surface area (Å²) >= 11 is 7.60. The third-order valence-electron chi connectivity index (χ3n) is 5.70. The van der Waals surface area contributed by atoms with Gasteiger partial charge in [-0.1, -0.05) is 41.6 Å². The highest BCUT2D eigenvalue weighted by molar-refractivity contribution is 8.13. The number of aromatic nitrogens is 2. The first-order valence-electron chi connectivity index (χ1n) is 10.4. The van der Waals surface area contributed by atoms with Gasteiger partial charge in [0.05, 0.1) is 11.1 Å². The Morgan fingerprint density at radius 1 is 1.06 bits per heavy atom. The molecule has 5 N–H and O–H groups in total. The fourth-order valence-electron chi connectivity index (χ4n) is 4.32. The summed E-state index contributed by atoms with van der Waals surface area (Å²) in [4.78, 5) is 29.1. The number of amides is 2. The number of fused-ring (bicyclic) bond motifs is 2. The Kier molecular flexibility index (Phi) is 5.47. The molecule has 2 aromatic heterocycles. The van der Waals surface area contributed by atoms with Gasteiger partial charge >= 0.3 is 0 Å². The summed E-state index contributed by atoms with van der Waals surface area (Å²) in [6, 6.07) is 13.2. The third kappa shape index (κ3) is 3.81. The maximum Gasteiger partial charge on any atom is 0.259 e. The zero-order chi connectivity index (χ0) is 23.1. The summed E-state index contributed by atoms with van der Waals surface area (Å²) in [6.45, 7) is 0.670. The number of carbonyl (C=O) groups is 2. The average Bonchev–Trinajstić information content (AvgIpc) is 3.43. The molecular weight excluding hydrogens is 458 g/mol. The SMILES string of the molecule is N=C(N)SCCCn1cc(C2=C(c3c[nH]c4ccccc34)C(=O)NC2=O)c2cc(Cl)ccc21. The van der Waals surface area contributed by atoms with Crippen molar-refractivity contribution in [3.05, 3.63) is 71.0 Å². The monoisotopic (exact) mass is 477 g/mol. The normalized spacial score (nSPS) is 14.0. The molecule has 0 aliphatic carbocycles. The molecule has 2 amide bonds. The Morgan fingerprint density at radius 2 is 1.82 bits per heavy atom. The lowest BCUT2D eigenvalue weighted by atomic mass is 9.95. The first kappa shape index (κ1) is 21.4. The number of halogens is 1. The van der Waals surface area contributed by atoms with Crippen LogP contribution in [0.15, 0.2) is 54.9 Å². The van der Waals surface area contributed by atoms with E-state index in [0.29, 0.717) is 39.6 Å². The lowest BCUT2D eigenvalue weighted by Crippen LogP contribution is -2.22. The highest BCUT2D eigenvalue weighted by atomic mass is 35.5. The van der Waals surface area contributed by atoms with Crippen molar-refractivity contribution in [3.8, 4) is 0 Å². The van der Waals surface area contributed by atoms with Crippen molar-refractivity contribution in [2.75, 3.05) is 5.75 Å². The zero-order valence-electron chi connectivity index (χ0n) is 17.4. The molecule has 1 aliphatic rings. The van der Waals surface area contributed by atoms with E-state index in [-0.39, 0.29) is 5.17 Å². The van der Waals surface area contributed by atoms with E-state index in [2.05, 4.69) is 14.9 Å². The number of rotatable bonds is 6. The molecule has 33 heavy (non-hydrogen) atoms. The van der Waals surface area contributed by atoms with Crippen LogP contribution in [0.2, 0.25) is 5.02 Å². The molecule has 7 nitrogen and oxygen atoms in total. The van der Waals surface area contributed by atoms with Crippen LogP contribution >= 0.6 is 23.4 Å². The number of nitrogens with one attached hydrogen (secondary N) is 3. The molecule has 2 aromatic carbocycles. The van der Waals surface area contributed by atoms with Gasteiger partial charge < -0.3 is 15.3 Å². The molecule has 0 saturated carbocycles. The molecule has 0 fully saturated rings. The van der Waals surface area contributed by atoms with Crippen LogP contribution in [-0.4, -0.2) is 32.3 Å². The Balaban J connectivity index is 1.67. The number of aromatic amines is 1. The van der Waals surface area contributed by atoms with Gasteiger partial charge in [0.1, 0.15) is 0 Å². The second-order valence-electron chi connectivity index (χ2n) is 7.75. The van der Waals surface area contributed by atoms with Gasteiger partial charge in [-0.15, -0.1) is 0 Å². The van der Waals surface area contributed by atoms with Crippen molar-refractivity contribution in [2.45, 2.75) is 13.0 Å². The quantitative estimate of drug-likeness (QED) is 0.143. The number of carbonyl (C=O) groups excluding carboxylic acids is 2. The Labute approximate surface area is 198 Å². The summed E-state index contributed by atoms with van der Waals surface area (Å²) < 4.78 is 2.05. The molecule has 0 spiro atoms. The van der Waals surface area contributed by atoms with Crippen molar-refractivity contribution >= 4 is 73.3 Å². The maximum absolute atomic E-state index is 13.0. The van der Waals surface area contributed by atoms with Crippen LogP contribution in [-0.2, 0) is 16.1 Å². The maximum atomic E-state index is 13.0. The molecule has 5 rings (SSSR count). The minimum Gasteiger partial charge on any atom is -0.379 e. The molecule has 9 heteroatoms. The van der Waals surface area contributed by atoms with Gasteiger partial charge in [-0.3, -0.25) is 20.3 Å². The number of para-hydroxylation sites is 1. The highest BCUT2D eigenvalue weighted by Crippen LogP contribution is 2.39.